The molecule has 0 aliphatic carbocycles. The van der Waals surface area contributed by atoms with Crippen molar-refractivity contribution in [1.82, 2.24) is 0 Å². The van der Waals surface area contributed by atoms with Gasteiger partial charge in [-0.05, 0) is 6.42 Å². The van der Waals surface area contributed by atoms with Gasteiger partial charge in [0.15, 0.2) is 5.78 Å². The lowest BCUT2D eigenvalue weighted by Gasteiger charge is -2.03. The van der Waals surface area contributed by atoms with Crippen molar-refractivity contribution in [3.8, 4) is 6.07 Å². The van der Waals surface area contributed by atoms with E-state index in [1.165, 1.54) is 77.0 Å². The fourth-order valence-corrected chi connectivity index (χ4v) is 2.93. The zero-order valence-corrected chi connectivity index (χ0v) is 15.6. The number of nitriles is 1. The third kappa shape index (κ3) is 14.2. The lowest BCUT2D eigenvalue weighted by atomic mass is 10.0. The van der Waals surface area contributed by atoms with Crippen LogP contribution in [0.3, 0.4) is 0 Å². The Morgan fingerprint density at radius 1 is 0.750 bits per heavy atom. The van der Waals surface area contributed by atoms with E-state index >= 15 is 0 Å². The number of ketones is 1. The van der Waals surface area contributed by atoms with Crippen LogP contribution in [0, 0.1) is 11.3 Å². The molecule has 0 aromatic heterocycles. The molecule has 136 valence electrons. The Kier molecular flexibility index (Phi) is 16.9. The first-order valence-electron chi connectivity index (χ1n) is 9.96. The van der Waals surface area contributed by atoms with E-state index in [-0.39, 0.29) is 11.4 Å². The molecule has 0 rings (SSSR count). The maximum absolute atomic E-state index is 11.5. The molecule has 0 radical (unpaired) electrons. The van der Waals surface area contributed by atoms with Crippen molar-refractivity contribution in [2.45, 2.75) is 110 Å². The SMILES string of the molecule is CCCCCCCCCCCCCCCCCC(=O)C(=C=[N-])C#N. The second-order valence-electron chi connectivity index (χ2n) is 6.72. The van der Waals surface area contributed by atoms with Gasteiger partial charge in [0.25, 0.3) is 0 Å². The van der Waals surface area contributed by atoms with Crippen LogP contribution in [0.2, 0.25) is 0 Å². The molecule has 0 unspecified atom stereocenters. The number of carbonyl (C=O) groups is 1. The Balaban J connectivity index is 3.22. The highest BCUT2D eigenvalue weighted by molar-refractivity contribution is 6.07. The van der Waals surface area contributed by atoms with Crippen LogP contribution in [-0.2, 0) is 4.79 Å². The van der Waals surface area contributed by atoms with E-state index in [9.17, 15) is 4.79 Å². The molecular formula is C21H35N2O-. The summed E-state index contributed by atoms with van der Waals surface area (Å²) in [5.41, 5.74) is -0.250. The standard InChI is InChI=1S/C21H35N2O/c1-2-3-4-5-6-7-8-9-10-11-12-13-14-15-16-17-21(24)20(18-22)19-23/h2-17H2,1H3/q-1. The van der Waals surface area contributed by atoms with Crippen molar-refractivity contribution in [2.75, 3.05) is 0 Å². The third-order valence-corrected chi connectivity index (χ3v) is 4.51. The molecule has 0 bridgehead atoms. The predicted octanol–water partition coefficient (Wildman–Crippen LogP) is 6.51. The zero-order valence-electron chi connectivity index (χ0n) is 15.6. The summed E-state index contributed by atoms with van der Waals surface area (Å²) in [6, 6.07) is 1.66. The largest absolute Gasteiger partial charge is 0.762 e. The normalized spacial score (nSPS) is 10.2. The van der Waals surface area contributed by atoms with Crippen LogP contribution in [0.4, 0.5) is 0 Å². The lowest BCUT2D eigenvalue weighted by Crippen LogP contribution is -2.00. The molecule has 0 heterocycles. The van der Waals surface area contributed by atoms with E-state index in [1.54, 1.807) is 11.9 Å². The smallest absolute Gasteiger partial charge is 0.179 e. The summed E-state index contributed by atoms with van der Waals surface area (Å²) in [6.45, 7) is 2.26. The minimum absolute atomic E-state index is 0.250. The third-order valence-electron chi connectivity index (χ3n) is 4.51. The first-order chi connectivity index (χ1) is 11.8. The van der Waals surface area contributed by atoms with Crippen molar-refractivity contribution in [2.24, 2.45) is 0 Å². The van der Waals surface area contributed by atoms with E-state index in [2.05, 4.69) is 6.92 Å². The molecule has 0 N–H and O–H groups in total. The molecule has 0 aromatic carbocycles. The molecular weight excluding hydrogens is 296 g/mol. The van der Waals surface area contributed by atoms with Gasteiger partial charge in [-0.3, -0.25) is 4.79 Å². The molecule has 0 saturated heterocycles. The number of hydrogen-bond donors (Lipinski definition) is 0. The van der Waals surface area contributed by atoms with Gasteiger partial charge in [0.05, 0.1) is 0 Å². The summed E-state index contributed by atoms with van der Waals surface area (Å²) in [5.74, 6) is 1.36. The van der Waals surface area contributed by atoms with Gasteiger partial charge in [0.2, 0.25) is 0 Å². The van der Waals surface area contributed by atoms with Crippen LogP contribution in [0.15, 0.2) is 5.57 Å². The summed E-state index contributed by atoms with van der Waals surface area (Å²) in [6.07, 6.45) is 19.7. The monoisotopic (exact) mass is 331 g/mol. The highest BCUT2D eigenvalue weighted by atomic mass is 16.1. The van der Waals surface area contributed by atoms with Crippen LogP contribution in [0.1, 0.15) is 110 Å². The zero-order chi connectivity index (χ0) is 17.9. The minimum atomic E-state index is -0.297. The second kappa shape index (κ2) is 18.0. The van der Waals surface area contributed by atoms with Gasteiger partial charge in [0.1, 0.15) is 11.6 Å². The van der Waals surface area contributed by atoms with Gasteiger partial charge < -0.3 is 5.41 Å². The van der Waals surface area contributed by atoms with Gasteiger partial charge in [-0.25, -0.2) is 5.87 Å². The van der Waals surface area contributed by atoms with Crippen LogP contribution < -0.4 is 0 Å². The summed E-state index contributed by atoms with van der Waals surface area (Å²) < 4.78 is 0. The molecule has 0 atom stereocenters. The Hall–Kier alpha value is -1.39. The number of rotatable bonds is 17. The van der Waals surface area contributed by atoms with Gasteiger partial charge in [-0.1, -0.05) is 96.8 Å². The van der Waals surface area contributed by atoms with E-state index in [1.807, 2.05) is 0 Å². The van der Waals surface area contributed by atoms with Gasteiger partial charge in [0, 0.05) is 6.42 Å². The Morgan fingerprint density at radius 2 is 1.12 bits per heavy atom. The first kappa shape index (κ1) is 22.6. The Labute approximate surface area is 149 Å². The van der Waals surface area contributed by atoms with E-state index in [0.717, 1.165) is 19.3 Å². The molecule has 0 aliphatic rings. The summed E-state index contributed by atoms with van der Waals surface area (Å²) in [5, 5.41) is 17.2. The second-order valence-corrected chi connectivity index (χ2v) is 6.72. The minimum Gasteiger partial charge on any atom is -0.762 e. The van der Waals surface area contributed by atoms with Crippen molar-refractivity contribution in [1.29, 1.82) is 5.26 Å². The Morgan fingerprint density at radius 3 is 1.46 bits per heavy atom. The molecule has 3 nitrogen and oxygen atoms in total. The van der Waals surface area contributed by atoms with Gasteiger partial charge >= 0.3 is 0 Å². The predicted molar refractivity (Wildman–Crippen MR) is 102 cm³/mol. The number of carbonyl (C=O) groups excluding carboxylic acids is 1. The van der Waals surface area contributed by atoms with Crippen molar-refractivity contribution in [3.05, 3.63) is 11.0 Å². The number of Topliss-reactive ketones (excluding diaryl/α,β-unsaturated/α-hetero) is 1. The van der Waals surface area contributed by atoms with E-state index in [4.69, 9.17) is 10.7 Å². The highest BCUT2D eigenvalue weighted by Crippen LogP contribution is 2.14. The number of allylic oxidation sites excluding steroid dienone is 1. The number of unbranched alkanes of at least 4 members (excludes halogenated alkanes) is 14. The van der Waals surface area contributed by atoms with Crippen molar-refractivity contribution >= 4 is 11.7 Å². The molecule has 3 heteroatoms. The average molecular weight is 332 g/mol. The summed E-state index contributed by atoms with van der Waals surface area (Å²) >= 11 is 0. The van der Waals surface area contributed by atoms with Crippen LogP contribution in [0.25, 0.3) is 5.41 Å². The van der Waals surface area contributed by atoms with E-state index in [0.29, 0.717) is 6.42 Å². The quantitative estimate of drug-likeness (QED) is 0.132. The van der Waals surface area contributed by atoms with Crippen LogP contribution >= 0.6 is 0 Å². The maximum Gasteiger partial charge on any atom is 0.179 e. The molecule has 0 fully saturated rings. The van der Waals surface area contributed by atoms with Crippen LogP contribution in [-0.4, -0.2) is 11.7 Å². The molecule has 0 aliphatic heterocycles. The fourth-order valence-electron chi connectivity index (χ4n) is 2.93. The van der Waals surface area contributed by atoms with Gasteiger partial charge in [-0.2, -0.15) is 5.26 Å². The number of nitrogens with zero attached hydrogens (tertiary/aromatic N) is 2. The average Bonchev–Trinajstić information content (AvgIpc) is 2.59. The Bertz CT molecular complexity index is 403. The van der Waals surface area contributed by atoms with Gasteiger partial charge in [-0.15, -0.1) is 0 Å². The first-order valence-corrected chi connectivity index (χ1v) is 9.96. The van der Waals surface area contributed by atoms with Crippen molar-refractivity contribution < 1.29 is 4.79 Å². The fraction of sp³-hybridized carbons (Fsp3) is 0.810. The van der Waals surface area contributed by atoms with Crippen LogP contribution in [0.5, 0.6) is 0 Å². The summed E-state index contributed by atoms with van der Waals surface area (Å²) in [4.78, 5) is 11.5. The topological polar surface area (TPSA) is 63.2 Å². The molecule has 24 heavy (non-hydrogen) atoms. The number of hydrogen-bond acceptors (Lipinski definition) is 2. The molecule has 0 saturated carbocycles. The van der Waals surface area contributed by atoms with Crippen molar-refractivity contribution in [3.63, 3.8) is 0 Å². The highest BCUT2D eigenvalue weighted by Gasteiger charge is 2.05. The maximum atomic E-state index is 11.5. The van der Waals surface area contributed by atoms with E-state index < -0.39 is 0 Å². The molecule has 0 amide bonds. The molecule has 0 aromatic rings. The lowest BCUT2D eigenvalue weighted by molar-refractivity contribution is -0.115. The molecule has 0 spiro atoms. The summed E-state index contributed by atoms with van der Waals surface area (Å²) in [7, 11) is 0.